The van der Waals surface area contributed by atoms with E-state index in [1.807, 2.05) is 21.7 Å². The zero-order valence-corrected chi connectivity index (χ0v) is 15.5. The van der Waals surface area contributed by atoms with Crippen LogP contribution in [0.1, 0.15) is 15.4 Å². The van der Waals surface area contributed by atoms with Crippen LogP contribution < -0.4 is 0 Å². The van der Waals surface area contributed by atoms with Gasteiger partial charge in [-0.05, 0) is 22.9 Å². The molecule has 1 aliphatic rings. The minimum Gasteiger partial charge on any atom is -0.335 e. The van der Waals surface area contributed by atoms with E-state index >= 15 is 0 Å². The maximum Gasteiger partial charge on any atom is 0.273 e. The second-order valence-corrected chi connectivity index (χ2v) is 8.37. The molecule has 24 heavy (non-hydrogen) atoms. The number of piperazine rings is 1. The monoisotopic (exact) mass is 375 g/mol. The van der Waals surface area contributed by atoms with Crippen LogP contribution in [0.5, 0.6) is 0 Å². The second kappa shape index (κ2) is 7.14. The summed E-state index contributed by atoms with van der Waals surface area (Å²) >= 11 is 4.98. The molecule has 0 aliphatic carbocycles. The molecule has 0 aromatic carbocycles. The van der Waals surface area contributed by atoms with Crippen LogP contribution in [-0.2, 0) is 6.54 Å². The molecule has 0 spiro atoms. The number of thiazole rings is 1. The summed E-state index contributed by atoms with van der Waals surface area (Å²) in [6.45, 7) is 4.38. The predicted molar refractivity (Wildman–Crippen MR) is 101 cm³/mol. The van der Waals surface area contributed by atoms with Crippen molar-refractivity contribution in [2.24, 2.45) is 0 Å². The molecule has 4 rings (SSSR count). The van der Waals surface area contributed by atoms with E-state index in [9.17, 15) is 4.79 Å². The van der Waals surface area contributed by atoms with E-state index < -0.39 is 0 Å². The Hall–Kier alpha value is -1.54. The molecule has 1 amide bonds. The van der Waals surface area contributed by atoms with Gasteiger partial charge in [-0.15, -0.1) is 22.7 Å². The molecule has 3 aromatic heterocycles. The first-order chi connectivity index (χ1) is 11.8. The van der Waals surface area contributed by atoms with Crippen molar-refractivity contribution in [2.45, 2.75) is 6.54 Å². The van der Waals surface area contributed by atoms with Crippen molar-refractivity contribution in [1.82, 2.24) is 14.8 Å². The highest BCUT2D eigenvalue weighted by Crippen LogP contribution is 2.26. The molecule has 1 fully saturated rings. The lowest BCUT2D eigenvalue weighted by molar-refractivity contribution is 0.0625. The highest BCUT2D eigenvalue weighted by atomic mass is 32.1. The Balaban J connectivity index is 1.36. The molecule has 1 aliphatic heterocycles. The smallest absolute Gasteiger partial charge is 0.273 e. The fraction of sp³-hybridized carbons (Fsp3) is 0.294. The summed E-state index contributed by atoms with van der Waals surface area (Å²) in [6.07, 6.45) is 0. The molecule has 0 atom stereocenters. The zero-order valence-electron chi connectivity index (χ0n) is 13.1. The summed E-state index contributed by atoms with van der Waals surface area (Å²) in [5.74, 6) is 0.0588. The first-order valence-corrected chi connectivity index (χ1v) is 10.5. The van der Waals surface area contributed by atoms with E-state index in [1.165, 1.54) is 4.88 Å². The molecule has 7 heteroatoms. The first kappa shape index (κ1) is 16.0. The van der Waals surface area contributed by atoms with E-state index in [1.54, 1.807) is 34.0 Å². The van der Waals surface area contributed by atoms with Gasteiger partial charge in [0.05, 0.1) is 0 Å². The Kier molecular flexibility index (Phi) is 4.75. The number of hydrogen-bond acceptors (Lipinski definition) is 6. The molecule has 4 nitrogen and oxygen atoms in total. The fourth-order valence-corrected chi connectivity index (χ4v) is 5.04. The van der Waals surface area contributed by atoms with Crippen molar-refractivity contribution in [3.8, 4) is 10.6 Å². The lowest BCUT2D eigenvalue weighted by atomic mass is 10.2. The van der Waals surface area contributed by atoms with Crippen molar-refractivity contribution in [1.29, 1.82) is 0 Å². The Labute approximate surface area is 153 Å². The molecule has 4 heterocycles. The lowest BCUT2D eigenvalue weighted by Crippen LogP contribution is -2.48. The maximum atomic E-state index is 12.7. The molecule has 0 bridgehead atoms. The number of aromatic nitrogens is 1. The van der Waals surface area contributed by atoms with Crippen molar-refractivity contribution >= 4 is 39.9 Å². The third-order valence-corrected chi connectivity index (χ3v) is 6.55. The van der Waals surface area contributed by atoms with Gasteiger partial charge >= 0.3 is 0 Å². The van der Waals surface area contributed by atoms with Crippen LogP contribution in [0, 0.1) is 0 Å². The summed E-state index contributed by atoms with van der Waals surface area (Å²) in [7, 11) is 0. The Morgan fingerprint density at radius 2 is 1.96 bits per heavy atom. The average molecular weight is 376 g/mol. The quantitative estimate of drug-likeness (QED) is 0.694. The van der Waals surface area contributed by atoms with Gasteiger partial charge < -0.3 is 4.90 Å². The highest BCUT2D eigenvalue weighted by Gasteiger charge is 2.24. The van der Waals surface area contributed by atoms with Crippen LogP contribution >= 0.6 is 34.0 Å². The predicted octanol–water partition coefficient (Wildman–Crippen LogP) is 3.89. The van der Waals surface area contributed by atoms with Crippen molar-refractivity contribution in [3.63, 3.8) is 0 Å². The van der Waals surface area contributed by atoms with Gasteiger partial charge in [0.2, 0.25) is 0 Å². The van der Waals surface area contributed by atoms with Crippen LogP contribution in [0.25, 0.3) is 10.6 Å². The number of thiophene rings is 2. The second-order valence-electron chi connectivity index (χ2n) is 5.70. The molecule has 124 valence electrons. The number of nitrogens with zero attached hydrogens (tertiary/aromatic N) is 3. The SMILES string of the molecule is O=C(c1csc(-c2ccsc2)n1)N1CCN(Cc2cccs2)CC1. The van der Waals surface area contributed by atoms with Crippen molar-refractivity contribution < 1.29 is 4.79 Å². The molecule has 0 saturated carbocycles. The minimum atomic E-state index is 0.0588. The van der Waals surface area contributed by atoms with Gasteiger partial charge in [-0.2, -0.15) is 11.3 Å². The molecular formula is C17H17N3OS3. The summed E-state index contributed by atoms with van der Waals surface area (Å²) < 4.78 is 0. The highest BCUT2D eigenvalue weighted by molar-refractivity contribution is 7.14. The summed E-state index contributed by atoms with van der Waals surface area (Å²) in [4.78, 5) is 22.9. The van der Waals surface area contributed by atoms with E-state index in [4.69, 9.17) is 0 Å². The molecular weight excluding hydrogens is 358 g/mol. The number of rotatable bonds is 4. The average Bonchev–Trinajstić information content (AvgIpc) is 3.36. The fourth-order valence-electron chi connectivity index (χ4n) is 2.78. The van der Waals surface area contributed by atoms with Gasteiger partial charge in [0, 0.05) is 53.9 Å². The topological polar surface area (TPSA) is 36.4 Å². The van der Waals surface area contributed by atoms with Gasteiger partial charge in [0.1, 0.15) is 10.7 Å². The number of carbonyl (C=O) groups is 1. The molecule has 3 aromatic rings. The number of hydrogen-bond donors (Lipinski definition) is 0. The first-order valence-electron chi connectivity index (χ1n) is 7.82. The third kappa shape index (κ3) is 3.44. The van der Waals surface area contributed by atoms with E-state index in [0.29, 0.717) is 5.69 Å². The van der Waals surface area contributed by atoms with Crippen LogP contribution in [0.15, 0.2) is 39.7 Å². The molecule has 1 saturated heterocycles. The zero-order chi connectivity index (χ0) is 16.4. The van der Waals surface area contributed by atoms with E-state index in [2.05, 4.69) is 32.8 Å². The summed E-state index contributed by atoms with van der Waals surface area (Å²) in [5, 5.41) is 9.02. The van der Waals surface area contributed by atoms with Crippen molar-refractivity contribution in [2.75, 3.05) is 26.2 Å². The molecule has 0 N–H and O–H groups in total. The largest absolute Gasteiger partial charge is 0.335 e. The molecule has 0 radical (unpaired) electrons. The summed E-state index contributed by atoms with van der Waals surface area (Å²) in [5.41, 5.74) is 1.68. The van der Waals surface area contributed by atoms with Gasteiger partial charge in [-0.3, -0.25) is 9.69 Å². The van der Waals surface area contributed by atoms with Gasteiger partial charge in [0.25, 0.3) is 5.91 Å². The lowest BCUT2D eigenvalue weighted by Gasteiger charge is -2.34. The van der Waals surface area contributed by atoms with Crippen LogP contribution in [0.2, 0.25) is 0 Å². The Bertz CT molecular complexity index is 787. The van der Waals surface area contributed by atoms with Crippen molar-refractivity contribution in [3.05, 3.63) is 50.3 Å². The maximum absolute atomic E-state index is 12.7. The van der Waals surface area contributed by atoms with Gasteiger partial charge in [-0.1, -0.05) is 6.07 Å². The Morgan fingerprint density at radius 3 is 2.67 bits per heavy atom. The van der Waals surface area contributed by atoms with Gasteiger partial charge in [0.15, 0.2) is 0 Å². The Morgan fingerprint density at radius 1 is 1.08 bits per heavy atom. The molecule has 0 unspecified atom stereocenters. The number of amides is 1. The normalized spacial score (nSPS) is 15.8. The van der Waals surface area contributed by atoms with Crippen LogP contribution in [0.3, 0.4) is 0 Å². The number of carbonyl (C=O) groups excluding carboxylic acids is 1. The summed E-state index contributed by atoms with van der Waals surface area (Å²) in [6, 6.07) is 6.30. The van der Waals surface area contributed by atoms with E-state index in [-0.39, 0.29) is 5.91 Å². The van der Waals surface area contributed by atoms with Crippen LogP contribution in [0.4, 0.5) is 0 Å². The van der Waals surface area contributed by atoms with Crippen LogP contribution in [-0.4, -0.2) is 46.9 Å². The standard InChI is InChI=1S/C17H17N3OS3/c21-17(15-12-24-16(18-15)13-3-9-22-11-13)20-6-4-19(5-7-20)10-14-2-1-8-23-14/h1-3,8-9,11-12H,4-7,10H2. The minimum absolute atomic E-state index is 0.0588. The van der Waals surface area contributed by atoms with E-state index in [0.717, 1.165) is 43.3 Å². The van der Waals surface area contributed by atoms with Gasteiger partial charge in [-0.25, -0.2) is 4.98 Å². The third-order valence-electron chi connectivity index (χ3n) is 4.11.